The van der Waals surface area contributed by atoms with Gasteiger partial charge < -0.3 is 19.4 Å². The second kappa shape index (κ2) is 7.05. The van der Waals surface area contributed by atoms with Crippen molar-refractivity contribution in [1.29, 1.82) is 0 Å². The first kappa shape index (κ1) is 18.3. The summed E-state index contributed by atoms with van der Waals surface area (Å²) in [6, 6.07) is 3.04. The molecule has 0 radical (unpaired) electrons. The molecule has 1 amide bonds. The zero-order valence-electron chi connectivity index (χ0n) is 15.0. The maximum Gasteiger partial charge on any atom is 0.410 e. The number of carbonyl (C=O) groups is 1. The molecule has 3 heterocycles. The van der Waals surface area contributed by atoms with Gasteiger partial charge >= 0.3 is 6.09 Å². The van der Waals surface area contributed by atoms with E-state index in [2.05, 4.69) is 9.97 Å². The molecule has 1 aliphatic rings. The lowest BCUT2D eigenvalue weighted by molar-refractivity contribution is 0.0139. The number of rotatable bonds is 3. The summed E-state index contributed by atoms with van der Waals surface area (Å²) >= 11 is 0. The standard InChI is InChI=1S/C18H23N3O5/c1-18(2,3)26-17(24)21-9-14(22)16(23)13(21)6-11-4-5-12(20-7-11)15-8-19-10-25-15/h4-5,7-8,10,13-14,16,22-23H,6,9H2,1-3H3/t13-,14+,16+/m1/s1. The van der Waals surface area contributed by atoms with Crippen molar-refractivity contribution >= 4 is 6.09 Å². The molecule has 0 saturated carbocycles. The van der Waals surface area contributed by atoms with Gasteiger partial charge in [0.15, 0.2) is 12.2 Å². The number of aromatic nitrogens is 2. The molecule has 0 unspecified atom stereocenters. The van der Waals surface area contributed by atoms with Crippen molar-refractivity contribution in [3.8, 4) is 11.5 Å². The average Bonchev–Trinajstić information content (AvgIpc) is 3.18. The van der Waals surface area contributed by atoms with E-state index in [1.807, 2.05) is 6.07 Å². The van der Waals surface area contributed by atoms with Crippen LogP contribution in [0.15, 0.2) is 35.3 Å². The molecular weight excluding hydrogens is 338 g/mol. The first-order valence-electron chi connectivity index (χ1n) is 8.44. The number of pyridine rings is 1. The van der Waals surface area contributed by atoms with E-state index in [-0.39, 0.29) is 6.54 Å². The molecule has 0 aliphatic carbocycles. The van der Waals surface area contributed by atoms with Gasteiger partial charge in [0.25, 0.3) is 0 Å². The summed E-state index contributed by atoms with van der Waals surface area (Å²) in [5.74, 6) is 0.559. The second-order valence-corrected chi connectivity index (χ2v) is 7.38. The van der Waals surface area contributed by atoms with Crippen molar-refractivity contribution in [2.45, 2.75) is 51.0 Å². The van der Waals surface area contributed by atoms with Gasteiger partial charge in [0.2, 0.25) is 0 Å². The molecule has 1 fully saturated rings. The van der Waals surface area contributed by atoms with Crippen molar-refractivity contribution in [3.05, 3.63) is 36.5 Å². The molecule has 0 bridgehead atoms. The molecule has 2 aromatic rings. The minimum atomic E-state index is -1.04. The van der Waals surface area contributed by atoms with E-state index >= 15 is 0 Å². The third-order valence-corrected chi connectivity index (χ3v) is 4.15. The fourth-order valence-electron chi connectivity index (χ4n) is 2.92. The summed E-state index contributed by atoms with van der Waals surface area (Å²) in [6.07, 6.45) is 2.31. The number of aliphatic hydroxyl groups is 2. The first-order chi connectivity index (χ1) is 12.2. The monoisotopic (exact) mass is 361 g/mol. The van der Waals surface area contributed by atoms with Gasteiger partial charge in [-0.2, -0.15) is 0 Å². The fourth-order valence-corrected chi connectivity index (χ4v) is 2.92. The van der Waals surface area contributed by atoms with Crippen molar-refractivity contribution in [1.82, 2.24) is 14.9 Å². The number of β-amino-alcohol motifs (C(OH)–C–C–N with tert-alkyl or cyclic N) is 1. The van der Waals surface area contributed by atoms with E-state index in [1.54, 1.807) is 39.2 Å². The van der Waals surface area contributed by atoms with Crippen molar-refractivity contribution in [2.75, 3.05) is 6.54 Å². The normalized spacial score (nSPS) is 23.3. The highest BCUT2D eigenvalue weighted by atomic mass is 16.6. The molecule has 2 N–H and O–H groups in total. The molecule has 8 nitrogen and oxygen atoms in total. The molecule has 26 heavy (non-hydrogen) atoms. The Morgan fingerprint density at radius 2 is 2.12 bits per heavy atom. The predicted molar refractivity (Wildman–Crippen MR) is 92.2 cm³/mol. The second-order valence-electron chi connectivity index (χ2n) is 7.38. The van der Waals surface area contributed by atoms with Crippen molar-refractivity contribution in [3.63, 3.8) is 0 Å². The van der Waals surface area contributed by atoms with Crippen LogP contribution in [0, 0.1) is 0 Å². The Morgan fingerprint density at radius 1 is 1.35 bits per heavy atom. The van der Waals surface area contributed by atoms with Crippen LogP contribution in [0.1, 0.15) is 26.3 Å². The van der Waals surface area contributed by atoms with Gasteiger partial charge in [0.05, 0.1) is 24.9 Å². The Kier molecular flexibility index (Phi) is 4.97. The van der Waals surface area contributed by atoms with Crippen molar-refractivity contribution < 1.29 is 24.2 Å². The van der Waals surface area contributed by atoms with E-state index in [4.69, 9.17) is 9.15 Å². The third-order valence-electron chi connectivity index (χ3n) is 4.15. The van der Waals surface area contributed by atoms with Crippen LogP contribution in [0.4, 0.5) is 4.79 Å². The van der Waals surface area contributed by atoms with E-state index in [0.717, 1.165) is 5.56 Å². The van der Waals surface area contributed by atoms with Gasteiger partial charge in [-0.15, -0.1) is 0 Å². The highest BCUT2D eigenvalue weighted by molar-refractivity contribution is 5.69. The van der Waals surface area contributed by atoms with E-state index < -0.39 is 29.9 Å². The Balaban J connectivity index is 1.74. The van der Waals surface area contributed by atoms with Gasteiger partial charge in [0.1, 0.15) is 17.4 Å². The summed E-state index contributed by atoms with van der Waals surface area (Å²) in [7, 11) is 0. The van der Waals surface area contributed by atoms with Gasteiger partial charge in [0, 0.05) is 6.20 Å². The molecule has 0 spiro atoms. The minimum absolute atomic E-state index is 0.0321. The Morgan fingerprint density at radius 3 is 2.69 bits per heavy atom. The van der Waals surface area contributed by atoms with E-state index in [1.165, 1.54) is 11.3 Å². The maximum atomic E-state index is 12.4. The highest BCUT2D eigenvalue weighted by Crippen LogP contribution is 2.25. The lowest BCUT2D eigenvalue weighted by atomic mass is 10.0. The van der Waals surface area contributed by atoms with Gasteiger partial charge in [-0.3, -0.25) is 9.88 Å². The van der Waals surface area contributed by atoms with Crippen LogP contribution in [0.3, 0.4) is 0 Å². The number of amides is 1. The average molecular weight is 361 g/mol. The zero-order chi connectivity index (χ0) is 18.9. The zero-order valence-corrected chi connectivity index (χ0v) is 15.0. The van der Waals surface area contributed by atoms with Gasteiger partial charge in [-0.05, 0) is 38.8 Å². The number of ether oxygens (including phenoxy) is 1. The quantitative estimate of drug-likeness (QED) is 0.855. The lowest BCUT2D eigenvalue weighted by Crippen LogP contribution is -2.43. The summed E-state index contributed by atoms with van der Waals surface area (Å²) in [4.78, 5) is 22.0. The van der Waals surface area contributed by atoms with Crippen LogP contribution >= 0.6 is 0 Å². The molecule has 3 atom stereocenters. The number of hydrogen-bond donors (Lipinski definition) is 2. The summed E-state index contributed by atoms with van der Waals surface area (Å²) in [6.45, 7) is 5.35. The number of oxazole rings is 1. The number of hydrogen-bond acceptors (Lipinski definition) is 7. The van der Waals surface area contributed by atoms with Crippen LogP contribution in [-0.4, -0.2) is 61.6 Å². The van der Waals surface area contributed by atoms with Gasteiger partial charge in [-0.25, -0.2) is 9.78 Å². The summed E-state index contributed by atoms with van der Waals surface area (Å²) in [5.41, 5.74) is 0.808. The van der Waals surface area contributed by atoms with Crippen LogP contribution in [0.25, 0.3) is 11.5 Å². The van der Waals surface area contributed by atoms with Gasteiger partial charge in [-0.1, -0.05) is 6.07 Å². The van der Waals surface area contributed by atoms with Crippen molar-refractivity contribution in [2.24, 2.45) is 0 Å². The number of likely N-dealkylation sites (tertiary alicyclic amines) is 1. The Hall–Kier alpha value is -2.45. The fraction of sp³-hybridized carbons (Fsp3) is 0.500. The predicted octanol–water partition coefficient (Wildman–Crippen LogP) is 1.62. The first-order valence-corrected chi connectivity index (χ1v) is 8.44. The third kappa shape index (κ3) is 4.03. The SMILES string of the molecule is CC(C)(C)OC(=O)N1C[C@H](O)[C@@H](O)[C@H]1Cc1ccc(-c2cnco2)nc1. The summed E-state index contributed by atoms with van der Waals surface area (Å²) in [5, 5.41) is 20.3. The molecule has 0 aromatic carbocycles. The highest BCUT2D eigenvalue weighted by Gasteiger charge is 2.43. The maximum absolute atomic E-state index is 12.4. The Labute approximate surface area is 151 Å². The lowest BCUT2D eigenvalue weighted by Gasteiger charge is -2.29. The van der Waals surface area contributed by atoms with Crippen LogP contribution in [0.2, 0.25) is 0 Å². The number of aliphatic hydroxyl groups excluding tert-OH is 2. The molecule has 3 rings (SSSR count). The number of nitrogens with zero attached hydrogens (tertiary/aromatic N) is 3. The smallest absolute Gasteiger partial charge is 0.410 e. The summed E-state index contributed by atoms with van der Waals surface area (Å²) < 4.78 is 10.6. The largest absolute Gasteiger partial charge is 0.444 e. The van der Waals surface area contributed by atoms with Crippen LogP contribution < -0.4 is 0 Å². The minimum Gasteiger partial charge on any atom is -0.444 e. The Bertz CT molecular complexity index is 739. The molecule has 1 aliphatic heterocycles. The van der Waals surface area contributed by atoms with Crippen LogP contribution in [-0.2, 0) is 11.2 Å². The molecule has 1 saturated heterocycles. The molecule has 140 valence electrons. The molecular formula is C18H23N3O5. The van der Waals surface area contributed by atoms with Crippen LogP contribution in [0.5, 0.6) is 0 Å². The van der Waals surface area contributed by atoms with E-state index in [0.29, 0.717) is 17.9 Å². The topological polar surface area (TPSA) is 109 Å². The molecule has 2 aromatic heterocycles. The number of carbonyl (C=O) groups excluding carboxylic acids is 1. The van der Waals surface area contributed by atoms with E-state index in [9.17, 15) is 15.0 Å². The molecule has 8 heteroatoms.